The van der Waals surface area contributed by atoms with Gasteiger partial charge in [0.05, 0.1) is 6.61 Å². The van der Waals surface area contributed by atoms with Crippen LogP contribution in [0.25, 0.3) is 0 Å². The third-order valence-corrected chi connectivity index (χ3v) is 3.78. The van der Waals surface area contributed by atoms with E-state index in [-0.39, 0.29) is 10.8 Å². The summed E-state index contributed by atoms with van der Waals surface area (Å²) in [4.78, 5) is 18.2. The van der Waals surface area contributed by atoms with Gasteiger partial charge in [-0.05, 0) is 27.5 Å². The standard InChI is InChI=1S/C18H31NO2.C2H2O4/c1-17(2,3)14-10-13(12-19-8-9-21-7)11-15(16(14)20)18(4,5)6;3-1(4)2(5)6/h10-11,19-20H,8-9,12H2,1-7H3;(H,3,4)(H,5,6). The van der Waals surface area contributed by atoms with Crippen LogP contribution in [-0.4, -0.2) is 47.5 Å². The summed E-state index contributed by atoms with van der Waals surface area (Å²) in [7, 11) is 1.71. The van der Waals surface area contributed by atoms with Gasteiger partial charge >= 0.3 is 11.9 Å². The fraction of sp³-hybridized carbons (Fsp3) is 0.600. The van der Waals surface area contributed by atoms with Gasteiger partial charge in [0, 0.05) is 20.2 Å². The molecule has 27 heavy (non-hydrogen) atoms. The smallest absolute Gasteiger partial charge is 0.414 e. The van der Waals surface area contributed by atoms with Crippen LogP contribution in [0.3, 0.4) is 0 Å². The molecule has 1 rings (SSSR count). The molecule has 0 aliphatic rings. The zero-order valence-corrected chi connectivity index (χ0v) is 17.3. The predicted molar refractivity (Wildman–Crippen MR) is 104 cm³/mol. The highest BCUT2D eigenvalue weighted by atomic mass is 16.5. The molecule has 1 aromatic carbocycles. The monoisotopic (exact) mass is 383 g/mol. The molecule has 4 N–H and O–H groups in total. The maximum atomic E-state index is 10.7. The second-order valence-corrected chi connectivity index (χ2v) is 8.32. The molecule has 0 heterocycles. The number of carboxylic acids is 2. The Balaban J connectivity index is 0.000000972. The molecule has 0 radical (unpaired) electrons. The van der Waals surface area contributed by atoms with E-state index in [1.807, 2.05) is 0 Å². The quantitative estimate of drug-likeness (QED) is 0.456. The number of benzene rings is 1. The average Bonchev–Trinajstić information content (AvgIpc) is 2.51. The van der Waals surface area contributed by atoms with E-state index in [0.29, 0.717) is 12.4 Å². The number of ether oxygens (including phenoxy) is 1. The van der Waals surface area contributed by atoms with E-state index < -0.39 is 11.9 Å². The van der Waals surface area contributed by atoms with E-state index in [9.17, 15) is 5.11 Å². The number of aliphatic carboxylic acids is 2. The summed E-state index contributed by atoms with van der Waals surface area (Å²) in [5.41, 5.74) is 3.08. The Morgan fingerprint density at radius 2 is 1.37 bits per heavy atom. The largest absolute Gasteiger partial charge is 0.507 e. The lowest BCUT2D eigenvalue weighted by molar-refractivity contribution is -0.159. The van der Waals surface area contributed by atoms with E-state index in [1.54, 1.807) is 7.11 Å². The molecule has 0 aromatic heterocycles. The van der Waals surface area contributed by atoms with Crippen LogP contribution in [0, 0.1) is 0 Å². The fourth-order valence-electron chi connectivity index (χ4n) is 2.35. The highest BCUT2D eigenvalue weighted by molar-refractivity contribution is 6.27. The zero-order chi connectivity index (χ0) is 21.4. The third-order valence-electron chi connectivity index (χ3n) is 3.78. The first kappa shape index (κ1) is 24.9. The molecule has 0 aliphatic heterocycles. The Labute approximate surface area is 161 Å². The highest BCUT2D eigenvalue weighted by Crippen LogP contribution is 2.39. The lowest BCUT2D eigenvalue weighted by atomic mass is 9.78. The number of methoxy groups -OCH3 is 1. The number of aromatic hydroxyl groups is 1. The van der Waals surface area contributed by atoms with E-state index in [0.717, 1.165) is 24.2 Å². The van der Waals surface area contributed by atoms with Gasteiger partial charge < -0.3 is 25.4 Å². The molecule has 0 saturated heterocycles. The normalized spacial score (nSPS) is 11.5. The van der Waals surface area contributed by atoms with Gasteiger partial charge in [-0.1, -0.05) is 53.7 Å². The van der Waals surface area contributed by atoms with Crippen LogP contribution < -0.4 is 5.32 Å². The third kappa shape index (κ3) is 8.88. The Morgan fingerprint density at radius 1 is 0.963 bits per heavy atom. The summed E-state index contributed by atoms with van der Waals surface area (Å²) in [6, 6.07) is 4.23. The zero-order valence-electron chi connectivity index (χ0n) is 17.3. The molecule has 154 valence electrons. The number of carbonyl (C=O) groups is 2. The summed E-state index contributed by atoms with van der Waals surface area (Å²) in [6.07, 6.45) is 0. The van der Waals surface area contributed by atoms with Crippen molar-refractivity contribution < 1.29 is 29.6 Å². The van der Waals surface area contributed by atoms with Gasteiger partial charge in [-0.15, -0.1) is 0 Å². The maximum Gasteiger partial charge on any atom is 0.414 e. The molecule has 0 fully saturated rings. The van der Waals surface area contributed by atoms with E-state index >= 15 is 0 Å². The van der Waals surface area contributed by atoms with Crippen LogP contribution in [0.2, 0.25) is 0 Å². The molecule has 0 unspecified atom stereocenters. The number of hydrogen-bond acceptors (Lipinski definition) is 5. The van der Waals surface area contributed by atoms with Crippen LogP contribution in [0.4, 0.5) is 0 Å². The summed E-state index contributed by atoms with van der Waals surface area (Å²) in [6.45, 7) is 15.1. The summed E-state index contributed by atoms with van der Waals surface area (Å²) >= 11 is 0. The van der Waals surface area contributed by atoms with Crippen molar-refractivity contribution in [1.82, 2.24) is 5.32 Å². The molecule has 7 nitrogen and oxygen atoms in total. The average molecular weight is 383 g/mol. The molecular weight excluding hydrogens is 350 g/mol. The van der Waals surface area contributed by atoms with Crippen molar-refractivity contribution in [2.45, 2.75) is 58.9 Å². The maximum absolute atomic E-state index is 10.7. The topological polar surface area (TPSA) is 116 Å². The fourth-order valence-corrected chi connectivity index (χ4v) is 2.35. The van der Waals surface area contributed by atoms with Gasteiger partial charge in [-0.3, -0.25) is 0 Å². The van der Waals surface area contributed by atoms with Crippen LogP contribution >= 0.6 is 0 Å². The van der Waals surface area contributed by atoms with Crippen LogP contribution in [0.5, 0.6) is 5.75 Å². The summed E-state index contributed by atoms with van der Waals surface area (Å²) in [5, 5.41) is 28.8. The van der Waals surface area contributed by atoms with E-state index in [4.69, 9.17) is 24.5 Å². The van der Waals surface area contributed by atoms with Gasteiger partial charge in [0.25, 0.3) is 0 Å². The molecular formula is C20H33NO6. The molecule has 1 aromatic rings. The molecule has 0 spiro atoms. The van der Waals surface area contributed by atoms with Crippen molar-refractivity contribution in [2.75, 3.05) is 20.3 Å². The van der Waals surface area contributed by atoms with Crippen molar-refractivity contribution >= 4 is 11.9 Å². The van der Waals surface area contributed by atoms with Crippen molar-refractivity contribution in [2.24, 2.45) is 0 Å². The molecule has 7 heteroatoms. The van der Waals surface area contributed by atoms with Crippen molar-refractivity contribution in [3.8, 4) is 5.75 Å². The number of rotatable bonds is 5. The second kappa shape index (κ2) is 10.3. The number of hydrogen-bond donors (Lipinski definition) is 4. The van der Waals surface area contributed by atoms with Gasteiger partial charge in [-0.25, -0.2) is 9.59 Å². The highest BCUT2D eigenvalue weighted by Gasteiger charge is 2.26. The van der Waals surface area contributed by atoms with Gasteiger partial charge in [-0.2, -0.15) is 0 Å². The minimum atomic E-state index is -1.82. The number of phenolic OH excluding ortho intramolecular Hbond substituents is 1. The van der Waals surface area contributed by atoms with Crippen LogP contribution in [-0.2, 0) is 31.7 Å². The van der Waals surface area contributed by atoms with Crippen molar-refractivity contribution in [1.29, 1.82) is 0 Å². The Morgan fingerprint density at radius 3 is 1.67 bits per heavy atom. The Kier molecular flexibility index (Phi) is 9.47. The van der Waals surface area contributed by atoms with Gasteiger partial charge in [0.15, 0.2) is 0 Å². The number of nitrogens with one attached hydrogen (secondary N) is 1. The van der Waals surface area contributed by atoms with Gasteiger partial charge in [0.1, 0.15) is 5.75 Å². The molecule has 0 atom stereocenters. The van der Waals surface area contributed by atoms with Gasteiger partial charge in [0.2, 0.25) is 0 Å². The van der Waals surface area contributed by atoms with E-state index in [1.165, 1.54) is 5.56 Å². The first-order valence-electron chi connectivity index (χ1n) is 8.74. The molecule has 0 amide bonds. The molecule has 0 bridgehead atoms. The van der Waals surface area contributed by atoms with Crippen LogP contribution in [0.15, 0.2) is 12.1 Å². The number of carboxylic acid groups (broad SMARTS) is 2. The van der Waals surface area contributed by atoms with Crippen LogP contribution in [0.1, 0.15) is 58.2 Å². The summed E-state index contributed by atoms with van der Waals surface area (Å²) < 4.78 is 5.05. The lowest BCUT2D eigenvalue weighted by Gasteiger charge is -2.28. The first-order valence-corrected chi connectivity index (χ1v) is 8.74. The lowest BCUT2D eigenvalue weighted by Crippen LogP contribution is -2.21. The minimum Gasteiger partial charge on any atom is -0.507 e. The molecule has 0 aliphatic carbocycles. The molecule has 0 saturated carbocycles. The first-order chi connectivity index (χ1) is 12.2. The SMILES string of the molecule is COCCNCc1cc(C(C)(C)C)c(O)c(C(C)(C)C)c1.O=C(O)C(=O)O. The minimum absolute atomic E-state index is 0.0768. The Hall–Kier alpha value is -2.12. The van der Waals surface area contributed by atoms with E-state index in [2.05, 4.69) is 59.0 Å². The Bertz CT molecular complexity index is 594. The summed E-state index contributed by atoms with van der Waals surface area (Å²) in [5.74, 6) is -3.21. The van der Waals surface area contributed by atoms with Crippen molar-refractivity contribution in [3.63, 3.8) is 0 Å². The number of phenols is 1. The predicted octanol–water partition coefficient (Wildman–Crippen LogP) is 2.88. The van der Waals surface area contributed by atoms with Crippen molar-refractivity contribution in [3.05, 3.63) is 28.8 Å². The second-order valence-electron chi connectivity index (χ2n) is 8.32.